The molecule has 88 valence electrons. The van der Waals surface area contributed by atoms with Crippen LogP contribution < -0.4 is 5.32 Å². The average molecular weight is 211 g/mol. The largest absolute Gasteiger partial charge is 0.312 e. The van der Waals surface area contributed by atoms with Crippen LogP contribution in [0.2, 0.25) is 0 Å². The van der Waals surface area contributed by atoms with Gasteiger partial charge >= 0.3 is 0 Å². The van der Waals surface area contributed by atoms with Gasteiger partial charge in [-0.05, 0) is 13.3 Å². The van der Waals surface area contributed by atoms with Gasteiger partial charge in [0, 0.05) is 50.8 Å². The van der Waals surface area contributed by atoms with Gasteiger partial charge in [-0.3, -0.25) is 9.80 Å². The van der Waals surface area contributed by atoms with Crippen molar-refractivity contribution in [2.75, 3.05) is 32.7 Å². The van der Waals surface area contributed by atoms with Crippen molar-refractivity contribution in [3.8, 4) is 0 Å². The molecular formula is C12H25N3. The zero-order valence-corrected chi connectivity index (χ0v) is 10.4. The molecule has 0 spiro atoms. The Hall–Kier alpha value is -0.120. The first-order valence-corrected chi connectivity index (χ1v) is 6.37. The maximum Gasteiger partial charge on any atom is 0.0238 e. The summed E-state index contributed by atoms with van der Waals surface area (Å²) >= 11 is 0. The Morgan fingerprint density at radius 2 is 1.80 bits per heavy atom. The smallest absolute Gasteiger partial charge is 0.0238 e. The van der Waals surface area contributed by atoms with Crippen LogP contribution in [-0.4, -0.2) is 60.6 Å². The van der Waals surface area contributed by atoms with Crippen LogP contribution in [0.5, 0.6) is 0 Å². The van der Waals surface area contributed by atoms with Gasteiger partial charge in [0.2, 0.25) is 0 Å². The molecule has 0 aromatic heterocycles. The summed E-state index contributed by atoms with van der Waals surface area (Å²) in [6.07, 6.45) is 1.30. The summed E-state index contributed by atoms with van der Waals surface area (Å²) in [5.74, 6) is 0. The molecule has 3 heteroatoms. The number of piperazine rings is 3. The standard InChI is InChI=1S/C12H25N3/c1-10(2)13-11(3)8-12-9-14-4-6-15(12)7-5-14/h10-13H,4-9H2,1-3H3. The van der Waals surface area contributed by atoms with Crippen molar-refractivity contribution >= 4 is 0 Å². The second-order valence-electron chi connectivity index (χ2n) is 5.45. The Labute approximate surface area is 93.8 Å². The minimum atomic E-state index is 0.607. The highest BCUT2D eigenvalue weighted by Gasteiger charge is 2.32. The molecule has 0 aromatic carbocycles. The molecule has 3 heterocycles. The molecule has 15 heavy (non-hydrogen) atoms. The molecule has 0 saturated carbocycles. The fraction of sp³-hybridized carbons (Fsp3) is 1.00. The van der Waals surface area contributed by atoms with Crippen molar-refractivity contribution in [3.63, 3.8) is 0 Å². The second kappa shape index (κ2) is 4.81. The van der Waals surface area contributed by atoms with E-state index in [1.165, 1.54) is 39.1 Å². The number of nitrogens with zero attached hydrogens (tertiary/aromatic N) is 2. The monoisotopic (exact) mass is 211 g/mol. The molecule has 0 aliphatic carbocycles. The third-order valence-electron chi connectivity index (χ3n) is 3.64. The summed E-state index contributed by atoms with van der Waals surface area (Å²) < 4.78 is 0. The van der Waals surface area contributed by atoms with Gasteiger partial charge in [-0.15, -0.1) is 0 Å². The lowest BCUT2D eigenvalue weighted by Gasteiger charge is -2.48. The zero-order chi connectivity index (χ0) is 10.8. The molecule has 3 aliphatic heterocycles. The fourth-order valence-electron chi connectivity index (χ4n) is 2.99. The lowest BCUT2D eigenvalue weighted by molar-refractivity contribution is 0.00617. The van der Waals surface area contributed by atoms with E-state index in [2.05, 4.69) is 35.9 Å². The quantitative estimate of drug-likeness (QED) is 0.741. The predicted molar refractivity (Wildman–Crippen MR) is 64.2 cm³/mol. The molecule has 3 nitrogen and oxygen atoms in total. The maximum atomic E-state index is 3.60. The Morgan fingerprint density at radius 3 is 2.27 bits per heavy atom. The van der Waals surface area contributed by atoms with Crippen LogP contribution in [0.3, 0.4) is 0 Å². The molecule has 3 rings (SSSR count). The molecule has 0 aromatic rings. The van der Waals surface area contributed by atoms with Crippen molar-refractivity contribution in [3.05, 3.63) is 0 Å². The molecule has 0 amide bonds. The topological polar surface area (TPSA) is 18.5 Å². The van der Waals surface area contributed by atoms with E-state index < -0.39 is 0 Å². The summed E-state index contributed by atoms with van der Waals surface area (Å²) in [6.45, 7) is 13.2. The number of nitrogens with one attached hydrogen (secondary N) is 1. The van der Waals surface area contributed by atoms with E-state index in [4.69, 9.17) is 0 Å². The third kappa shape index (κ3) is 2.92. The van der Waals surface area contributed by atoms with E-state index in [0.717, 1.165) is 6.04 Å². The van der Waals surface area contributed by atoms with Gasteiger partial charge < -0.3 is 5.32 Å². The Kier molecular flexibility index (Phi) is 3.65. The van der Waals surface area contributed by atoms with Gasteiger partial charge in [0.05, 0.1) is 0 Å². The van der Waals surface area contributed by atoms with Crippen LogP contribution in [0.25, 0.3) is 0 Å². The molecule has 3 saturated heterocycles. The van der Waals surface area contributed by atoms with E-state index >= 15 is 0 Å². The van der Waals surface area contributed by atoms with Crippen LogP contribution in [0.15, 0.2) is 0 Å². The SMILES string of the molecule is CC(C)NC(C)CC1CN2CCN1CC2. The fourth-order valence-corrected chi connectivity index (χ4v) is 2.99. The van der Waals surface area contributed by atoms with E-state index in [-0.39, 0.29) is 0 Å². The van der Waals surface area contributed by atoms with Crippen LogP contribution in [-0.2, 0) is 0 Å². The number of rotatable bonds is 4. The van der Waals surface area contributed by atoms with Crippen molar-refractivity contribution in [1.82, 2.24) is 15.1 Å². The first-order valence-electron chi connectivity index (χ1n) is 6.37. The Balaban J connectivity index is 1.79. The average Bonchev–Trinajstić information content (AvgIpc) is 2.17. The van der Waals surface area contributed by atoms with Crippen LogP contribution in [0.1, 0.15) is 27.2 Å². The number of fused-ring (bicyclic) bond motifs is 3. The predicted octanol–water partition coefficient (Wildman–Crippen LogP) is 0.763. The number of hydrogen-bond donors (Lipinski definition) is 1. The highest BCUT2D eigenvalue weighted by molar-refractivity contribution is 4.89. The van der Waals surface area contributed by atoms with E-state index in [0.29, 0.717) is 12.1 Å². The minimum Gasteiger partial charge on any atom is -0.312 e. The summed E-state index contributed by atoms with van der Waals surface area (Å²) in [6, 6.07) is 2.06. The van der Waals surface area contributed by atoms with Crippen molar-refractivity contribution in [1.29, 1.82) is 0 Å². The van der Waals surface area contributed by atoms with E-state index in [1.54, 1.807) is 0 Å². The van der Waals surface area contributed by atoms with Gasteiger partial charge in [0.25, 0.3) is 0 Å². The number of hydrogen-bond acceptors (Lipinski definition) is 3. The lowest BCUT2D eigenvalue weighted by Crippen LogP contribution is -2.61. The molecule has 2 bridgehead atoms. The highest BCUT2D eigenvalue weighted by Crippen LogP contribution is 2.19. The normalized spacial score (nSPS) is 37.2. The molecular weight excluding hydrogens is 186 g/mol. The van der Waals surface area contributed by atoms with Crippen molar-refractivity contribution in [2.24, 2.45) is 0 Å². The van der Waals surface area contributed by atoms with Crippen LogP contribution in [0.4, 0.5) is 0 Å². The van der Waals surface area contributed by atoms with E-state index in [9.17, 15) is 0 Å². The van der Waals surface area contributed by atoms with Gasteiger partial charge in [0.15, 0.2) is 0 Å². The van der Waals surface area contributed by atoms with Gasteiger partial charge in [-0.1, -0.05) is 13.8 Å². The zero-order valence-electron chi connectivity index (χ0n) is 10.4. The first kappa shape index (κ1) is 11.4. The molecule has 1 N–H and O–H groups in total. The maximum absolute atomic E-state index is 3.60. The molecule has 2 unspecified atom stereocenters. The highest BCUT2D eigenvalue weighted by atomic mass is 15.3. The lowest BCUT2D eigenvalue weighted by atomic mass is 10.0. The third-order valence-corrected chi connectivity index (χ3v) is 3.64. The Bertz CT molecular complexity index is 197. The molecule has 3 aliphatic rings. The second-order valence-corrected chi connectivity index (χ2v) is 5.45. The summed E-state index contributed by atoms with van der Waals surface area (Å²) in [4.78, 5) is 5.30. The summed E-state index contributed by atoms with van der Waals surface area (Å²) in [7, 11) is 0. The molecule has 3 fully saturated rings. The van der Waals surface area contributed by atoms with Crippen molar-refractivity contribution in [2.45, 2.75) is 45.3 Å². The first-order chi connectivity index (χ1) is 7.15. The molecule has 0 radical (unpaired) electrons. The van der Waals surface area contributed by atoms with E-state index in [1.807, 2.05) is 0 Å². The van der Waals surface area contributed by atoms with Crippen LogP contribution >= 0.6 is 0 Å². The summed E-state index contributed by atoms with van der Waals surface area (Å²) in [5, 5.41) is 3.60. The summed E-state index contributed by atoms with van der Waals surface area (Å²) in [5.41, 5.74) is 0. The minimum absolute atomic E-state index is 0.607. The van der Waals surface area contributed by atoms with Crippen LogP contribution in [0, 0.1) is 0 Å². The molecule has 2 atom stereocenters. The van der Waals surface area contributed by atoms with Gasteiger partial charge in [-0.25, -0.2) is 0 Å². The van der Waals surface area contributed by atoms with Gasteiger partial charge in [-0.2, -0.15) is 0 Å². The van der Waals surface area contributed by atoms with Crippen molar-refractivity contribution < 1.29 is 0 Å². The Morgan fingerprint density at radius 1 is 1.13 bits per heavy atom. The van der Waals surface area contributed by atoms with Gasteiger partial charge in [0.1, 0.15) is 0 Å².